The van der Waals surface area contributed by atoms with Crippen LogP contribution in [0.5, 0.6) is 0 Å². The van der Waals surface area contributed by atoms with Crippen LogP contribution < -0.4 is 0 Å². The molecule has 1 rings (SSSR count). The Hall–Kier alpha value is -1.44. The van der Waals surface area contributed by atoms with Gasteiger partial charge in [0.15, 0.2) is 0 Å². The largest absolute Gasteiger partial charge is 0.382 e. The number of rotatable bonds is 3. The third-order valence-corrected chi connectivity index (χ3v) is 1.41. The smallest absolute Gasteiger partial charge is 0.287 e. The van der Waals surface area contributed by atoms with Gasteiger partial charge in [0.05, 0.1) is 5.56 Å². The first-order valence-corrected chi connectivity index (χ1v) is 4.65. The molecule has 1 aromatic rings. The zero-order valence-electron chi connectivity index (χ0n) is 8.68. The number of hydrogen-bond acceptors (Lipinski definition) is 1. The minimum absolute atomic E-state index is 0.844. The Labute approximate surface area is 85.0 Å². The molecular formula is C11H16N2O. The van der Waals surface area contributed by atoms with Gasteiger partial charge in [0.1, 0.15) is 0 Å². The summed E-state index contributed by atoms with van der Waals surface area (Å²) in [5.74, 6) is 0. The first-order chi connectivity index (χ1) is 6.85. The van der Waals surface area contributed by atoms with E-state index in [1.807, 2.05) is 44.2 Å². The van der Waals surface area contributed by atoms with Gasteiger partial charge >= 0.3 is 0 Å². The summed E-state index contributed by atoms with van der Waals surface area (Å²) < 4.78 is 4.83. The van der Waals surface area contributed by atoms with Crippen molar-refractivity contribution in [1.82, 2.24) is 0 Å². The molecule has 0 saturated heterocycles. The van der Waals surface area contributed by atoms with Crippen LogP contribution in [0.15, 0.2) is 30.3 Å². The first-order valence-electron chi connectivity index (χ1n) is 4.65. The van der Waals surface area contributed by atoms with E-state index in [1.54, 1.807) is 0 Å². The highest BCUT2D eigenvalue weighted by atomic mass is 16.5. The molecule has 0 heterocycles. The van der Waals surface area contributed by atoms with Crippen molar-refractivity contribution in [3.8, 4) is 0 Å². The zero-order valence-corrected chi connectivity index (χ0v) is 8.68. The van der Waals surface area contributed by atoms with Crippen molar-refractivity contribution in [3.05, 3.63) is 41.4 Å². The molecule has 0 aromatic heterocycles. The number of nitrogens with zero attached hydrogens (tertiary/aromatic N) is 2. The van der Waals surface area contributed by atoms with Crippen molar-refractivity contribution in [2.45, 2.75) is 13.8 Å². The van der Waals surface area contributed by atoms with Gasteiger partial charge in [-0.25, -0.2) is 0 Å². The standard InChI is InChI=1S/C7H6N2.C4H10O/c8-9-6-7-4-2-1-3-5-7;1-3-5-4-2/h1-6H;3-4H2,1-2H3. The van der Waals surface area contributed by atoms with Crippen LogP contribution in [0.2, 0.25) is 0 Å². The van der Waals surface area contributed by atoms with Crippen molar-refractivity contribution >= 4 is 6.21 Å². The molecule has 0 fully saturated rings. The molecule has 0 atom stereocenters. The minimum atomic E-state index is 0.844. The summed E-state index contributed by atoms with van der Waals surface area (Å²) in [6, 6.07) is 9.40. The molecule has 0 N–H and O–H groups in total. The quantitative estimate of drug-likeness (QED) is 0.412. The zero-order chi connectivity index (χ0) is 10.6. The van der Waals surface area contributed by atoms with Gasteiger partial charge < -0.3 is 10.3 Å². The van der Waals surface area contributed by atoms with Crippen LogP contribution in [-0.2, 0) is 4.74 Å². The third kappa shape index (κ3) is 7.22. The Bertz CT molecular complexity index is 264. The first kappa shape index (κ1) is 12.6. The van der Waals surface area contributed by atoms with E-state index in [1.165, 1.54) is 6.21 Å². The van der Waals surface area contributed by atoms with Gasteiger partial charge in [0.25, 0.3) is 6.21 Å². The molecule has 0 bridgehead atoms. The van der Waals surface area contributed by atoms with Gasteiger partial charge in [-0.15, -0.1) is 0 Å². The van der Waals surface area contributed by atoms with E-state index in [-0.39, 0.29) is 0 Å². The Morgan fingerprint density at radius 1 is 1.21 bits per heavy atom. The van der Waals surface area contributed by atoms with Crippen LogP contribution in [0.1, 0.15) is 19.4 Å². The van der Waals surface area contributed by atoms with Crippen LogP contribution in [0.3, 0.4) is 0 Å². The van der Waals surface area contributed by atoms with Crippen LogP contribution in [-0.4, -0.2) is 24.2 Å². The average Bonchev–Trinajstić information content (AvgIpc) is 2.22. The van der Waals surface area contributed by atoms with E-state index in [0.717, 1.165) is 18.8 Å². The fourth-order valence-corrected chi connectivity index (χ4v) is 0.810. The summed E-state index contributed by atoms with van der Waals surface area (Å²) >= 11 is 0. The maximum atomic E-state index is 8.09. The highest BCUT2D eigenvalue weighted by Gasteiger charge is 1.85. The summed E-state index contributed by atoms with van der Waals surface area (Å²) in [6.07, 6.45) is 1.39. The maximum Gasteiger partial charge on any atom is 0.287 e. The Kier molecular flexibility index (Phi) is 8.65. The number of ether oxygens (including phenoxy) is 1. The molecule has 0 aliphatic rings. The third-order valence-electron chi connectivity index (χ3n) is 1.41. The SMILES string of the molecule is CCOCC.[N-]=[N+]=Cc1ccccc1. The van der Waals surface area contributed by atoms with Crippen LogP contribution in [0, 0.1) is 0 Å². The normalized spacial score (nSPS) is 8.14. The summed E-state index contributed by atoms with van der Waals surface area (Å²) in [6.45, 7) is 5.67. The molecule has 3 heteroatoms. The lowest BCUT2D eigenvalue weighted by molar-refractivity contribution is 0.00456. The Balaban J connectivity index is 0.000000292. The Morgan fingerprint density at radius 2 is 1.79 bits per heavy atom. The summed E-state index contributed by atoms with van der Waals surface area (Å²) in [7, 11) is 0. The number of hydrogen-bond donors (Lipinski definition) is 0. The van der Waals surface area contributed by atoms with Gasteiger partial charge in [-0.05, 0) is 26.0 Å². The van der Waals surface area contributed by atoms with E-state index in [9.17, 15) is 0 Å². The minimum Gasteiger partial charge on any atom is -0.382 e. The molecule has 0 amide bonds. The second-order valence-electron chi connectivity index (χ2n) is 2.44. The lowest BCUT2D eigenvalue weighted by atomic mass is 10.2. The lowest BCUT2D eigenvalue weighted by Gasteiger charge is -1.86. The molecule has 0 aliphatic carbocycles. The number of benzene rings is 1. The summed E-state index contributed by atoms with van der Waals surface area (Å²) in [5, 5.41) is 0. The van der Waals surface area contributed by atoms with Gasteiger partial charge in [-0.2, -0.15) is 4.79 Å². The van der Waals surface area contributed by atoms with E-state index >= 15 is 0 Å². The highest BCUT2D eigenvalue weighted by molar-refractivity contribution is 5.74. The van der Waals surface area contributed by atoms with Gasteiger partial charge in [-0.1, -0.05) is 18.2 Å². The molecule has 0 radical (unpaired) electrons. The molecular weight excluding hydrogens is 176 g/mol. The average molecular weight is 192 g/mol. The van der Waals surface area contributed by atoms with Crippen molar-refractivity contribution < 1.29 is 9.53 Å². The molecule has 0 aliphatic heterocycles. The summed E-state index contributed by atoms with van der Waals surface area (Å²) in [4.78, 5) is 2.88. The van der Waals surface area contributed by atoms with Crippen molar-refractivity contribution in [2.75, 3.05) is 13.2 Å². The molecule has 0 unspecified atom stereocenters. The fraction of sp³-hybridized carbons (Fsp3) is 0.364. The maximum absolute atomic E-state index is 8.09. The molecule has 0 saturated carbocycles. The Morgan fingerprint density at radius 3 is 2.14 bits per heavy atom. The predicted octanol–water partition coefficient (Wildman–Crippen LogP) is 2.38. The van der Waals surface area contributed by atoms with Gasteiger partial charge in [0.2, 0.25) is 0 Å². The second-order valence-corrected chi connectivity index (χ2v) is 2.44. The molecule has 76 valence electrons. The van der Waals surface area contributed by atoms with E-state index in [4.69, 9.17) is 10.3 Å². The van der Waals surface area contributed by atoms with Crippen LogP contribution in [0.25, 0.3) is 5.53 Å². The fourth-order valence-electron chi connectivity index (χ4n) is 0.810. The summed E-state index contributed by atoms with van der Waals surface area (Å²) in [5.41, 5.74) is 8.99. The van der Waals surface area contributed by atoms with E-state index in [0.29, 0.717) is 0 Å². The van der Waals surface area contributed by atoms with Gasteiger partial charge in [0, 0.05) is 13.2 Å². The molecule has 1 aromatic carbocycles. The lowest BCUT2D eigenvalue weighted by Crippen LogP contribution is -1.84. The van der Waals surface area contributed by atoms with E-state index in [2.05, 4.69) is 4.79 Å². The highest BCUT2D eigenvalue weighted by Crippen LogP contribution is 1.91. The molecule has 0 spiro atoms. The van der Waals surface area contributed by atoms with Gasteiger partial charge in [-0.3, -0.25) is 0 Å². The van der Waals surface area contributed by atoms with Crippen molar-refractivity contribution in [3.63, 3.8) is 0 Å². The van der Waals surface area contributed by atoms with Crippen LogP contribution in [0.4, 0.5) is 0 Å². The second kappa shape index (κ2) is 9.65. The predicted molar refractivity (Wildman–Crippen MR) is 57.4 cm³/mol. The molecule has 3 nitrogen and oxygen atoms in total. The van der Waals surface area contributed by atoms with E-state index < -0.39 is 0 Å². The topological polar surface area (TPSA) is 45.6 Å². The van der Waals surface area contributed by atoms with Crippen molar-refractivity contribution in [1.29, 1.82) is 0 Å². The van der Waals surface area contributed by atoms with Crippen LogP contribution >= 0.6 is 0 Å². The monoisotopic (exact) mass is 192 g/mol. The van der Waals surface area contributed by atoms with Crippen molar-refractivity contribution in [2.24, 2.45) is 0 Å². The molecule has 14 heavy (non-hydrogen) atoms.